The average Bonchev–Trinajstić information content (AvgIpc) is 0.978. The fraction of sp³-hybridized carbons (Fsp3) is 0.774. The fourth-order valence-electron chi connectivity index (χ4n) is 12.5. The van der Waals surface area contributed by atoms with Crippen molar-refractivity contribution in [2.45, 2.75) is 424 Å². The molecule has 0 saturated carbocycles. The molecule has 18 heteroatoms. The van der Waals surface area contributed by atoms with Gasteiger partial charge >= 0.3 is 33.6 Å². The van der Waals surface area contributed by atoms with Gasteiger partial charge in [0.15, 0.2) is 6.10 Å². The molecule has 4 N–H and O–H groups in total. The van der Waals surface area contributed by atoms with Crippen LogP contribution in [0.5, 0.6) is 0 Å². The highest BCUT2D eigenvalue weighted by Crippen LogP contribution is 2.45. The molecule has 0 aromatic heterocycles. The van der Waals surface area contributed by atoms with E-state index in [0.717, 1.165) is 122 Å². The standard InChI is InChI=1S/C93H166O16P2/c1-4-7-10-13-16-19-22-25-27-29-31-33-35-37-39-41-42-43-44-46-48-49-51-53-55-57-59-62-64-67-70-73-76-79-91(96)103-82-88(94)83-105-110(99,100)106-84-89(95)85-107-111(101,102)108-87-90(109-93(98)81-78-75-72-69-66-61-24-21-18-15-12-9-6-3)86-104-92(97)80-77-74-71-68-65-63-60-58-56-54-52-50-47-45-40-38-36-34-32-30-28-26-23-20-17-14-11-8-5-2/h16-17,19-21,24-28,31-34,37-40,88-90,94-95H,4-15,18,22-23,29-30,35-36,41-87H2,1-3H3,(H,99,100)(H,101,102)/b19-16-,20-17-,24-21-,27-25-,28-26-,33-31-,34-32-,39-37-,40-38-. The van der Waals surface area contributed by atoms with Gasteiger partial charge < -0.3 is 34.2 Å². The van der Waals surface area contributed by atoms with Crippen molar-refractivity contribution in [3.8, 4) is 0 Å². The lowest BCUT2D eigenvalue weighted by Crippen LogP contribution is -2.30. The Balaban J connectivity index is 4.40. The predicted molar refractivity (Wildman–Crippen MR) is 464 cm³/mol. The Kier molecular flexibility index (Phi) is 82.7. The Hall–Kier alpha value is -3.79. The summed E-state index contributed by atoms with van der Waals surface area (Å²) in [5.41, 5.74) is 0. The number of rotatable bonds is 86. The number of hydrogen-bond donors (Lipinski definition) is 4. The molecule has 0 saturated heterocycles. The molecule has 5 atom stereocenters. The normalized spacial score (nSPS) is 14.3. The number of carbonyl (C=O) groups is 3. The summed E-state index contributed by atoms with van der Waals surface area (Å²) in [6, 6.07) is 0. The van der Waals surface area contributed by atoms with Crippen LogP contribution < -0.4 is 0 Å². The second-order valence-corrected chi connectivity index (χ2v) is 33.3. The van der Waals surface area contributed by atoms with Gasteiger partial charge in [-0.05, 0) is 135 Å². The number of aliphatic hydroxyl groups is 2. The highest BCUT2D eigenvalue weighted by molar-refractivity contribution is 7.47. The monoisotopic (exact) mass is 1600 g/mol. The first-order valence-corrected chi connectivity index (χ1v) is 48.2. The lowest BCUT2D eigenvalue weighted by Gasteiger charge is -2.21. The minimum Gasteiger partial charge on any atom is -0.463 e. The second kappa shape index (κ2) is 85.6. The third kappa shape index (κ3) is 86.9. The molecule has 5 unspecified atom stereocenters. The molecule has 16 nitrogen and oxygen atoms in total. The van der Waals surface area contributed by atoms with Crippen LogP contribution in [-0.4, -0.2) is 95.9 Å². The Labute approximate surface area is 679 Å². The van der Waals surface area contributed by atoms with Crippen molar-refractivity contribution in [1.29, 1.82) is 0 Å². The lowest BCUT2D eigenvalue weighted by atomic mass is 10.0. The van der Waals surface area contributed by atoms with Gasteiger partial charge in [0, 0.05) is 19.3 Å². The Bertz CT molecular complexity index is 2450. The van der Waals surface area contributed by atoms with Crippen LogP contribution in [-0.2, 0) is 55.8 Å². The molecule has 0 aliphatic carbocycles. The number of phosphoric ester groups is 2. The Morgan fingerprint density at radius 2 is 0.450 bits per heavy atom. The van der Waals surface area contributed by atoms with Gasteiger partial charge in [0.05, 0.1) is 26.4 Å². The highest BCUT2D eigenvalue weighted by Gasteiger charge is 2.29. The summed E-state index contributed by atoms with van der Waals surface area (Å²) in [7, 11) is -9.79. The van der Waals surface area contributed by atoms with Crippen molar-refractivity contribution >= 4 is 33.6 Å². The van der Waals surface area contributed by atoms with Crippen LogP contribution in [0.3, 0.4) is 0 Å². The van der Waals surface area contributed by atoms with Crippen LogP contribution in [0.2, 0.25) is 0 Å². The molecule has 644 valence electrons. The molecule has 0 rings (SSSR count). The Morgan fingerprint density at radius 3 is 0.739 bits per heavy atom. The summed E-state index contributed by atoms with van der Waals surface area (Å²) in [4.78, 5) is 58.8. The molecule has 0 aliphatic heterocycles. The van der Waals surface area contributed by atoms with E-state index in [-0.39, 0.29) is 19.3 Å². The molecule has 0 fully saturated rings. The first-order valence-electron chi connectivity index (χ1n) is 45.2. The van der Waals surface area contributed by atoms with Crippen LogP contribution in [0, 0.1) is 0 Å². The van der Waals surface area contributed by atoms with Gasteiger partial charge in [0.25, 0.3) is 0 Å². The van der Waals surface area contributed by atoms with Gasteiger partial charge in [0.1, 0.15) is 25.4 Å². The molecular formula is C93H166O16P2. The summed E-state index contributed by atoms with van der Waals surface area (Å²) < 4.78 is 61.3. The minimum atomic E-state index is -4.93. The van der Waals surface area contributed by atoms with Crippen molar-refractivity contribution in [2.24, 2.45) is 0 Å². The van der Waals surface area contributed by atoms with Crippen molar-refractivity contribution in [3.63, 3.8) is 0 Å². The molecule has 0 bridgehead atoms. The fourth-order valence-corrected chi connectivity index (χ4v) is 14.1. The predicted octanol–water partition coefficient (Wildman–Crippen LogP) is 27.4. The average molecular weight is 1600 g/mol. The molecule has 111 heavy (non-hydrogen) atoms. The molecule has 0 aromatic rings. The minimum absolute atomic E-state index is 0.0956. The number of carbonyl (C=O) groups excluding carboxylic acids is 3. The first-order chi connectivity index (χ1) is 54.2. The van der Waals surface area contributed by atoms with Crippen molar-refractivity contribution in [3.05, 3.63) is 109 Å². The van der Waals surface area contributed by atoms with Crippen LogP contribution in [0.15, 0.2) is 109 Å². The van der Waals surface area contributed by atoms with Crippen molar-refractivity contribution in [1.82, 2.24) is 0 Å². The van der Waals surface area contributed by atoms with Gasteiger partial charge in [0.2, 0.25) is 0 Å². The zero-order valence-corrected chi connectivity index (χ0v) is 72.7. The van der Waals surface area contributed by atoms with Crippen LogP contribution >= 0.6 is 15.6 Å². The van der Waals surface area contributed by atoms with E-state index < -0.39 is 91.5 Å². The van der Waals surface area contributed by atoms with Gasteiger partial charge in [-0.3, -0.25) is 32.5 Å². The van der Waals surface area contributed by atoms with E-state index in [0.29, 0.717) is 19.3 Å². The van der Waals surface area contributed by atoms with E-state index in [1.54, 1.807) is 0 Å². The first kappa shape index (κ1) is 107. The number of ether oxygens (including phenoxy) is 3. The smallest absolute Gasteiger partial charge is 0.463 e. The van der Waals surface area contributed by atoms with Crippen molar-refractivity contribution in [2.75, 3.05) is 39.6 Å². The Morgan fingerprint density at radius 1 is 0.252 bits per heavy atom. The molecule has 0 amide bonds. The number of phosphoric acid groups is 2. The van der Waals surface area contributed by atoms with E-state index >= 15 is 0 Å². The maximum Gasteiger partial charge on any atom is 0.472 e. The van der Waals surface area contributed by atoms with E-state index in [4.69, 9.17) is 32.3 Å². The third-order valence-corrected chi connectivity index (χ3v) is 21.3. The number of esters is 3. The summed E-state index contributed by atoms with van der Waals surface area (Å²) in [6.07, 6.45) is 103. The van der Waals surface area contributed by atoms with Crippen LogP contribution in [0.1, 0.15) is 406 Å². The van der Waals surface area contributed by atoms with E-state index in [2.05, 4.69) is 130 Å². The second-order valence-electron chi connectivity index (χ2n) is 30.4. The number of allylic oxidation sites excluding steroid dienone is 18. The zero-order chi connectivity index (χ0) is 80.8. The van der Waals surface area contributed by atoms with E-state index in [9.17, 15) is 43.5 Å². The largest absolute Gasteiger partial charge is 0.472 e. The summed E-state index contributed by atoms with van der Waals surface area (Å²) in [5.74, 6) is -1.57. The molecule has 0 aliphatic rings. The van der Waals surface area contributed by atoms with E-state index in [1.807, 2.05) is 0 Å². The van der Waals surface area contributed by atoms with E-state index in [1.165, 1.54) is 225 Å². The summed E-state index contributed by atoms with van der Waals surface area (Å²) in [6.45, 7) is 2.66. The molecule has 0 spiro atoms. The molecule has 0 aromatic carbocycles. The lowest BCUT2D eigenvalue weighted by molar-refractivity contribution is -0.161. The molecule has 0 radical (unpaired) electrons. The third-order valence-electron chi connectivity index (χ3n) is 19.4. The SMILES string of the molecule is CCCCC/C=C\C/C=C\C/C=C\C/C=C\CCCCCCCCCCCCCCCCCCCC(=O)OCC(O)COP(=O)(O)OCC(O)COP(=O)(O)OCC(COC(=O)CCCCCCCCCCCCCCC/C=C\C/C=C\C/C=C\C/C=C\CCCCC)OC(=O)CCCCCCC/C=C\CCCCCC. The number of aliphatic hydroxyl groups excluding tert-OH is 2. The van der Waals surface area contributed by atoms with Gasteiger partial charge in [-0.2, -0.15) is 0 Å². The van der Waals surface area contributed by atoms with Gasteiger partial charge in [-0.1, -0.05) is 361 Å². The van der Waals surface area contributed by atoms with Crippen LogP contribution in [0.4, 0.5) is 0 Å². The number of hydrogen-bond acceptors (Lipinski definition) is 14. The molecular weight excluding hydrogens is 1430 g/mol. The number of unbranched alkanes of at least 4 members (excludes halogenated alkanes) is 45. The summed E-state index contributed by atoms with van der Waals surface area (Å²) in [5, 5.41) is 20.7. The van der Waals surface area contributed by atoms with Crippen LogP contribution in [0.25, 0.3) is 0 Å². The maximum atomic E-state index is 13.0. The van der Waals surface area contributed by atoms with Crippen molar-refractivity contribution < 1.29 is 75.8 Å². The highest BCUT2D eigenvalue weighted by atomic mass is 31.2. The van der Waals surface area contributed by atoms with Gasteiger partial charge in [-0.25, -0.2) is 9.13 Å². The maximum absolute atomic E-state index is 13.0. The summed E-state index contributed by atoms with van der Waals surface area (Å²) >= 11 is 0. The molecule has 0 heterocycles. The quantitative estimate of drug-likeness (QED) is 0.0146. The zero-order valence-electron chi connectivity index (χ0n) is 70.9. The van der Waals surface area contributed by atoms with Gasteiger partial charge in [-0.15, -0.1) is 0 Å². The topological polar surface area (TPSA) is 231 Å².